The van der Waals surface area contributed by atoms with E-state index >= 15 is 0 Å². The Bertz CT molecular complexity index is 1160. The van der Waals surface area contributed by atoms with Gasteiger partial charge < -0.3 is 14.6 Å². The lowest BCUT2D eigenvalue weighted by Crippen LogP contribution is -2.12. The number of aryl methyl sites for hydroxylation is 1. The fraction of sp³-hybridized carbons (Fsp3) is 0.200. The molecule has 0 aliphatic rings. The highest BCUT2D eigenvalue weighted by molar-refractivity contribution is 7.99. The van der Waals surface area contributed by atoms with E-state index < -0.39 is 0 Å². The number of nitrogens with one attached hydrogen (secondary N) is 1. The summed E-state index contributed by atoms with van der Waals surface area (Å²) in [5.74, 6) is 1.20. The molecule has 2 aromatic heterocycles. The predicted octanol–water partition coefficient (Wildman–Crippen LogP) is 3.65. The molecule has 0 saturated carbocycles. The van der Waals surface area contributed by atoms with E-state index in [0.717, 1.165) is 22.1 Å². The molecule has 0 aliphatic heterocycles. The van der Waals surface area contributed by atoms with Gasteiger partial charge in [0, 0.05) is 36.4 Å². The third-order valence-electron chi connectivity index (χ3n) is 4.40. The molecule has 2 aromatic carbocycles. The Morgan fingerprint density at radius 2 is 2.04 bits per heavy atom. The minimum atomic E-state index is -0.0700. The maximum atomic E-state index is 12.2. The first-order chi connectivity index (χ1) is 13.7. The number of hydrogen-bond acceptors (Lipinski definition) is 6. The van der Waals surface area contributed by atoms with Gasteiger partial charge in [-0.3, -0.25) is 4.79 Å². The van der Waals surface area contributed by atoms with Crippen molar-refractivity contribution in [1.82, 2.24) is 19.7 Å². The molecule has 0 unspecified atom stereocenters. The molecule has 1 N–H and O–H groups in total. The van der Waals surface area contributed by atoms with E-state index in [1.807, 2.05) is 54.1 Å². The van der Waals surface area contributed by atoms with E-state index in [2.05, 4.69) is 20.5 Å². The Kier molecular flexibility index (Phi) is 5.12. The van der Waals surface area contributed by atoms with Crippen LogP contribution in [0.5, 0.6) is 5.75 Å². The summed E-state index contributed by atoms with van der Waals surface area (Å²) in [7, 11) is 3.56. The number of benzene rings is 2. The fourth-order valence-electron chi connectivity index (χ4n) is 3.01. The molecule has 142 valence electrons. The maximum absolute atomic E-state index is 12.2. The van der Waals surface area contributed by atoms with Crippen molar-refractivity contribution >= 4 is 45.4 Å². The minimum Gasteiger partial charge on any atom is -0.497 e. The van der Waals surface area contributed by atoms with Gasteiger partial charge in [-0.15, -0.1) is 10.2 Å². The van der Waals surface area contributed by atoms with Crippen molar-refractivity contribution < 1.29 is 9.53 Å². The number of nitrogens with zero attached hydrogens (tertiary/aromatic N) is 4. The molecule has 4 rings (SSSR count). The van der Waals surface area contributed by atoms with Gasteiger partial charge in [-0.1, -0.05) is 36.0 Å². The molecule has 0 atom stereocenters. The number of methoxy groups -OCH3 is 1. The number of carbonyl (C=O) groups is 1. The van der Waals surface area contributed by atoms with Crippen LogP contribution in [0.3, 0.4) is 0 Å². The molecule has 2 heterocycles. The Morgan fingerprint density at radius 3 is 2.89 bits per heavy atom. The van der Waals surface area contributed by atoms with Gasteiger partial charge in [0.2, 0.25) is 11.1 Å². The van der Waals surface area contributed by atoms with Crippen molar-refractivity contribution in [2.24, 2.45) is 7.05 Å². The number of hydrogen-bond donors (Lipinski definition) is 1. The standard InChI is InChI=1S/C20H19N5O2S/c1-25-16-9-4-3-8-15(16)18-19(25)22-20(24-23-18)28-11-10-17(26)21-13-6-5-7-14(12-13)27-2/h3-9,12H,10-11H2,1-2H3,(H,21,26). The molecular weight excluding hydrogens is 374 g/mol. The molecule has 0 spiro atoms. The first-order valence-electron chi connectivity index (χ1n) is 8.80. The van der Waals surface area contributed by atoms with Crippen LogP contribution in [0.2, 0.25) is 0 Å². The van der Waals surface area contributed by atoms with Crippen LogP contribution in [0.4, 0.5) is 5.69 Å². The fourth-order valence-corrected chi connectivity index (χ4v) is 3.73. The van der Waals surface area contributed by atoms with Crippen molar-refractivity contribution in [3.8, 4) is 5.75 Å². The summed E-state index contributed by atoms with van der Waals surface area (Å²) in [6.07, 6.45) is 0.346. The van der Waals surface area contributed by atoms with Crippen molar-refractivity contribution in [3.05, 3.63) is 48.5 Å². The molecule has 0 aliphatic carbocycles. The molecule has 4 aromatic rings. The lowest BCUT2D eigenvalue weighted by molar-refractivity contribution is -0.115. The zero-order valence-corrected chi connectivity index (χ0v) is 16.4. The zero-order valence-electron chi connectivity index (χ0n) is 15.5. The number of thioether (sulfide) groups is 1. The van der Waals surface area contributed by atoms with Gasteiger partial charge in [0.25, 0.3) is 0 Å². The smallest absolute Gasteiger partial charge is 0.225 e. The molecule has 0 bridgehead atoms. The molecule has 1 amide bonds. The van der Waals surface area contributed by atoms with Crippen molar-refractivity contribution in [1.29, 1.82) is 0 Å². The van der Waals surface area contributed by atoms with Gasteiger partial charge in [0.05, 0.1) is 12.6 Å². The van der Waals surface area contributed by atoms with E-state index in [0.29, 0.717) is 28.8 Å². The van der Waals surface area contributed by atoms with Gasteiger partial charge in [0.1, 0.15) is 11.3 Å². The predicted molar refractivity (Wildman–Crippen MR) is 111 cm³/mol. The monoisotopic (exact) mass is 393 g/mol. The number of aromatic nitrogens is 4. The van der Waals surface area contributed by atoms with Crippen LogP contribution in [0.15, 0.2) is 53.7 Å². The average Bonchev–Trinajstić information content (AvgIpc) is 3.00. The van der Waals surface area contributed by atoms with E-state index in [1.54, 1.807) is 13.2 Å². The SMILES string of the molecule is COc1cccc(NC(=O)CCSc2nnc3c4ccccc4n(C)c3n2)c1. The third-order valence-corrected chi connectivity index (χ3v) is 5.24. The van der Waals surface area contributed by atoms with Crippen LogP contribution in [-0.4, -0.2) is 38.5 Å². The second kappa shape index (κ2) is 7.85. The lowest BCUT2D eigenvalue weighted by Gasteiger charge is -2.06. The van der Waals surface area contributed by atoms with Gasteiger partial charge in [0.15, 0.2) is 5.65 Å². The van der Waals surface area contributed by atoms with Crippen LogP contribution in [0.1, 0.15) is 6.42 Å². The quantitative estimate of drug-likeness (QED) is 0.504. The topological polar surface area (TPSA) is 81.9 Å². The Morgan fingerprint density at radius 1 is 1.18 bits per heavy atom. The summed E-state index contributed by atoms with van der Waals surface area (Å²) in [6, 6.07) is 15.3. The normalized spacial score (nSPS) is 11.1. The Balaban J connectivity index is 1.40. The summed E-state index contributed by atoms with van der Waals surface area (Å²) in [5.41, 5.74) is 3.36. The van der Waals surface area contributed by atoms with Crippen LogP contribution >= 0.6 is 11.8 Å². The number of para-hydroxylation sites is 1. The Hall–Kier alpha value is -3.13. The molecule has 28 heavy (non-hydrogen) atoms. The summed E-state index contributed by atoms with van der Waals surface area (Å²) >= 11 is 1.42. The second-order valence-corrected chi connectivity index (χ2v) is 7.28. The molecule has 0 saturated heterocycles. The minimum absolute atomic E-state index is 0.0700. The number of amides is 1. The number of rotatable bonds is 6. The molecular formula is C20H19N5O2S. The molecule has 0 radical (unpaired) electrons. The highest BCUT2D eigenvalue weighted by Gasteiger charge is 2.12. The molecule has 8 heteroatoms. The second-order valence-electron chi connectivity index (χ2n) is 6.22. The average molecular weight is 393 g/mol. The van der Waals surface area contributed by atoms with E-state index in [-0.39, 0.29) is 5.91 Å². The first kappa shape index (κ1) is 18.2. The van der Waals surface area contributed by atoms with Gasteiger partial charge in [-0.05, 0) is 18.2 Å². The summed E-state index contributed by atoms with van der Waals surface area (Å²) in [6.45, 7) is 0. The van der Waals surface area contributed by atoms with Crippen LogP contribution in [0, 0.1) is 0 Å². The van der Waals surface area contributed by atoms with Crippen molar-refractivity contribution in [3.63, 3.8) is 0 Å². The number of fused-ring (bicyclic) bond motifs is 3. The van der Waals surface area contributed by atoms with Gasteiger partial charge >= 0.3 is 0 Å². The third kappa shape index (κ3) is 3.63. The van der Waals surface area contributed by atoms with Gasteiger partial charge in [-0.25, -0.2) is 4.98 Å². The van der Waals surface area contributed by atoms with Crippen molar-refractivity contribution in [2.45, 2.75) is 11.6 Å². The zero-order chi connectivity index (χ0) is 19.5. The van der Waals surface area contributed by atoms with Gasteiger partial charge in [-0.2, -0.15) is 0 Å². The number of anilines is 1. The van der Waals surface area contributed by atoms with Crippen molar-refractivity contribution in [2.75, 3.05) is 18.2 Å². The highest BCUT2D eigenvalue weighted by Crippen LogP contribution is 2.26. The maximum Gasteiger partial charge on any atom is 0.225 e. The summed E-state index contributed by atoms with van der Waals surface area (Å²) in [5, 5.41) is 13.0. The molecule has 7 nitrogen and oxygen atoms in total. The van der Waals surface area contributed by atoms with E-state index in [1.165, 1.54) is 11.8 Å². The van der Waals surface area contributed by atoms with Crippen LogP contribution in [-0.2, 0) is 11.8 Å². The number of ether oxygens (including phenoxy) is 1. The van der Waals surface area contributed by atoms with Crippen LogP contribution < -0.4 is 10.1 Å². The Labute approximate surface area is 166 Å². The molecule has 0 fully saturated rings. The summed E-state index contributed by atoms with van der Waals surface area (Å²) < 4.78 is 7.17. The van der Waals surface area contributed by atoms with E-state index in [4.69, 9.17) is 4.74 Å². The largest absolute Gasteiger partial charge is 0.497 e. The summed E-state index contributed by atoms with van der Waals surface area (Å²) in [4.78, 5) is 16.8. The lowest BCUT2D eigenvalue weighted by atomic mass is 10.2. The first-order valence-corrected chi connectivity index (χ1v) is 9.79. The number of carbonyl (C=O) groups excluding carboxylic acids is 1. The highest BCUT2D eigenvalue weighted by atomic mass is 32.2. The van der Waals surface area contributed by atoms with Crippen LogP contribution in [0.25, 0.3) is 22.1 Å². The van der Waals surface area contributed by atoms with E-state index in [9.17, 15) is 4.79 Å².